The molecule has 0 aliphatic heterocycles. The minimum Gasteiger partial charge on any atom is -0.467 e. The highest BCUT2D eigenvalue weighted by Gasteiger charge is 2.21. The monoisotopic (exact) mass is 445 g/mol. The lowest BCUT2D eigenvalue weighted by molar-refractivity contribution is -0.128. The number of carbonyl (C=O) groups is 1. The van der Waals surface area contributed by atoms with Crippen molar-refractivity contribution in [3.05, 3.63) is 53.4 Å². The number of thiazole rings is 1. The highest BCUT2D eigenvalue weighted by Crippen LogP contribution is 2.30. The molecule has 0 saturated carbocycles. The lowest BCUT2D eigenvalue weighted by Crippen LogP contribution is -2.31. The fraction of sp³-hybridized carbons (Fsp3) is 0.263. The van der Waals surface area contributed by atoms with E-state index in [2.05, 4.69) is 20.5 Å². The highest BCUT2D eigenvalue weighted by atomic mass is 32.2. The number of fused-ring (bicyclic) bond motifs is 1. The van der Waals surface area contributed by atoms with Crippen LogP contribution in [0.5, 0.6) is 0 Å². The van der Waals surface area contributed by atoms with Crippen molar-refractivity contribution in [2.45, 2.75) is 23.8 Å². The van der Waals surface area contributed by atoms with Crippen molar-refractivity contribution in [1.29, 1.82) is 0 Å². The summed E-state index contributed by atoms with van der Waals surface area (Å²) >= 11 is 4.44. The van der Waals surface area contributed by atoms with E-state index in [0.29, 0.717) is 17.4 Å². The quantitative estimate of drug-likeness (QED) is 0.395. The van der Waals surface area contributed by atoms with Gasteiger partial charge in [0.05, 0.1) is 34.8 Å². The van der Waals surface area contributed by atoms with Crippen LogP contribution < -0.4 is 5.32 Å². The third-order valence-electron chi connectivity index (χ3n) is 4.36. The molecule has 1 amide bonds. The summed E-state index contributed by atoms with van der Waals surface area (Å²) in [6.45, 7) is 2.55. The number of hydrogen-bond donors (Lipinski definition) is 1. The average molecular weight is 446 g/mol. The fourth-order valence-electron chi connectivity index (χ4n) is 2.59. The standard InChI is InChI=1S/C19H19N5O2S3/c1-12(17-21-14-7-3-4-8-15(14)28-17)24(2)16(25)11-27-19-23-22-18(29-19)20-10-13-6-5-9-26-13/h3-9,12H,10-11H2,1-2H3,(H,20,22). The van der Waals surface area contributed by atoms with E-state index < -0.39 is 0 Å². The summed E-state index contributed by atoms with van der Waals surface area (Å²) in [5.74, 6) is 1.16. The number of rotatable bonds is 8. The second kappa shape index (κ2) is 8.93. The van der Waals surface area contributed by atoms with Gasteiger partial charge in [-0.05, 0) is 31.2 Å². The van der Waals surface area contributed by atoms with Crippen LogP contribution in [-0.2, 0) is 11.3 Å². The van der Waals surface area contributed by atoms with Crippen LogP contribution in [0.3, 0.4) is 0 Å². The van der Waals surface area contributed by atoms with Gasteiger partial charge < -0.3 is 14.6 Å². The lowest BCUT2D eigenvalue weighted by atomic mass is 10.3. The zero-order valence-electron chi connectivity index (χ0n) is 15.9. The molecule has 29 heavy (non-hydrogen) atoms. The van der Waals surface area contributed by atoms with E-state index >= 15 is 0 Å². The molecule has 10 heteroatoms. The van der Waals surface area contributed by atoms with Gasteiger partial charge in [-0.15, -0.1) is 21.5 Å². The first-order chi connectivity index (χ1) is 14.1. The largest absolute Gasteiger partial charge is 0.467 e. The first-order valence-electron chi connectivity index (χ1n) is 8.94. The fourth-order valence-corrected chi connectivity index (χ4v) is 5.33. The Bertz CT molecular complexity index is 1060. The van der Waals surface area contributed by atoms with E-state index in [-0.39, 0.29) is 11.9 Å². The number of para-hydroxylation sites is 1. The SMILES string of the molecule is CC(c1nc2ccccc2s1)N(C)C(=O)CSc1nnc(NCc2ccco2)s1. The molecule has 0 spiro atoms. The van der Waals surface area contributed by atoms with Crippen LogP contribution in [0.2, 0.25) is 0 Å². The number of amides is 1. The molecular weight excluding hydrogens is 426 g/mol. The van der Waals surface area contributed by atoms with Gasteiger partial charge in [-0.25, -0.2) is 4.98 Å². The molecule has 0 bridgehead atoms. The number of hydrogen-bond acceptors (Lipinski definition) is 9. The Morgan fingerprint density at radius 1 is 1.24 bits per heavy atom. The Balaban J connectivity index is 1.30. The third-order valence-corrected chi connectivity index (χ3v) is 7.57. The smallest absolute Gasteiger partial charge is 0.233 e. The van der Waals surface area contributed by atoms with E-state index in [4.69, 9.17) is 4.42 Å². The van der Waals surface area contributed by atoms with Gasteiger partial charge in [0, 0.05) is 7.05 Å². The Hall–Kier alpha value is -2.43. The Kier molecular flexibility index (Phi) is 6.12. The van der Waals surface area contributed by atoms with Crippen LogP contribution in [0.25, 0.3) is 10.2 Å². The number of nitrogens with zero attached hydrogens (tertiary/aromatic N) is 4. The zero-order valence-corrected chi connectivity index (χ0v) is 18.3. The van der Waals surface area contributed by atoms with Gasteiger partial charge in [0.25, 0.3) is 0 Å². The number of anilines is 1. The second-order valence-corrected chi connectivity index (χ2v) is 9.56. The molecule has 3 aromatic heterocycles. The van der Waals surface area contributed by atoms with Gasteiger partial charge in [-0.2, -0.15) is 0 Å². The van der Waals surface area contributed by atoms with Crippen LogP contribution in [0.15, 0.2) is 51.4 Å². The van der Waals surface area contributed by atoms with E-state index in [1.807, 2.05) is 50.4 Å². The summed E-state index contributed by atoms with van der Waals surface area (Å²) in [5, 5.41) is 13.0. The normalized spacial score (nSPS) is 12.2. The predicted molar refractivity (Wildman–Crippen MR) is 117 cm³/mol. The van der Waals surface area contributed by atoms with Crippen LogP contribution in [-0.4, -0.2) is 38.8 Å². The van der Waals surface area contributed by atoms with Crippen molar-refractivity contribution in [2.24, 2.45) is 0 Å². The molecule has 4 aromatic rings. The number of benzene rings is 1. The van der Waals surface area contributed by atoms with Crippen molar-refractivity contribution in [3.63, 3.8) is 0 Å². The van der Waals surface area contributed by atoms with Crippen LogP contribution in [0, 0.1) is 0 Å². The number of furan rings is 1. The Labute approximate surface area is 180 Å². The number of carbonyl (C=O) groups excluding carboxylic acids is 1. The molecule has 1 atom stereocenters. The van der Waals surface area contributed by atoms with Gasteiger partial charge in [0.1, 0.15) is 10.8 Å². The summed E-state index contributed by atoms with van der Waals surface area (Å²) in [6, 6.07) is 11.7. The molecule has 0 radical (unpaired) electrons. The maximum atomic E-state index is 12.6. The number of nitrogens with one attached hydrogen (secondary N) is 1. The zero-order chi connectivity index (χ0) is 20.2. The molecule has 1 aromatic carbocycles. The Morgan fingerprint density at radius 3 is 2.90 bits per heavy atom. The van der Waals surface area contributed by atoms with Crippen molar-refractivity contribution in [3.8, 4) is 0 Å². The van der Waals surface area contributed by atoms with E-state index in [9.17, 15) is 4.79 Å². The van der Waals surface area contributed by atoms with Crippen LogP contribution in [0.1, 0.15) is 23.7 Å². The van der Waals surface area contributed by atoms with Gasteiger partial charge >= 0.3 is 0 Å². The summed E-state index contributed by atoms with van der Waals surface area (Å²) in [5.41, 5.74) is 0.970. The molecule has 0 saturated heterocycles. The van der Waals surface area contributed by atoms with Gasteiger partial charge in [-0.3, -0.25) is 4.79 Å². The molecule has 0 aliphatic rings. The average Bonchev–Trinajstić information content (AvgIpc) is 3.49. The maximum absolute atomic E-state index is 12.6. The van der Waals surface area contributed by atoms with Crippen LogP contribution >= 0.6 is 34.4 Å². The van der Waals surface area contributed by atoms with E-state index in [0.717, 1.165) is 25.3 Å². The van der Waals surface area contributed by atoms with Gasteiger partial charge in [-0.1, -0.05) is 35.2 Å². The van der Waals surface area contributed by atoms with Gasteiger partial charge in [0.15, 0.2) is 4.34 Å². The number of thioether (sulfide) groups is 1. The molecule has 0 aliphatic carbocycles. The molecule has 4 rings (SSSR count). The summed E-state index contributed by atoms with van der Waals surface area (Å²) in [4.78, 5) is 19.0. The first kappa shape index (κ1) is 19.9. The van der Waals surface area contributed by atoms with Crippen molar-refractivity contribution < 1.29 is 9.21 Å². The van der Waals surface area contributed by atoms with Crippen molar-refractivity contribution >= 4 is 55.7 Å². The lowest BCUT2D eigenvalue weighted by Gasteiger charge is -2.22. The van der Waals surface area contributed by atoms with Crippen molar-refractivity contribution in [2.75, 3.05) is 18.1 Å². The summed E-state index contributed by atoms with van der Waals surface area (Å²) in [7, 11) is 1.82. The van der Waals surface area contributed by atoms with E-state index in [1.54, 1.807) is 22.5 Å². The molecular formula is C19H19N5O2S3. The summed E-state index contributed by atoms with van der Waals surface area (Å²) < 4.78 is 7.16. The van der Waals surface area contributed by atoms with Crippen molar-refractivity contribution in [1.82, 2.24) is 20.1 Å². The summed E-state index contributed by atoms with van der Waals surface area (Å²) in [6.07, 6.45) is 1.63. The molecule has 3 heterocycles. The van der Waals surface area contributed by atoms with Crippen LogP contribution in [0.4, 0.5) is 5.13 Å². The predicted octanol–water partition coefficient (Wildman–Crippen LogP) is 4.66. The molecule has 1 unspecified atom stereocenters. The molecule has 150 valence electrons. The topological polar surface area (TPSA) is 84.2 Å². The minimum atomic E-state index is -0.0829. The molecule has 0 fully saturated rings. The minimum absolute atomic E-state index is 0.0297. The highest BCUT2D eigenvalue weighted by molar-refractivity contribution is 8.01. The second-order valence-electron chi connectivity index (χ2n) is 6.30. The molecule has 1 N–H and O–H groups in total. The molecule has 7 nitrogen and oxygen atoms in total. The van der Waals surface area contributed by atoms with E-state index in [1.165, 1.54) is 23.1 Å². The Morgan fingerprint density at radius 2 is 2.10 bits per heavy atom. The number of aromatic nitrogens is 3. The van der Waals surface area contributed by atoms with Gasteiger partial charge in [0.2, 0.25) is 11.0 Å². The maximum Gasteiger partial charge on any atom is 0.233 e. The first-order valence-corrected chi connectivity index (χ1v) is 11.6. The third kappa shape index (κ3) is 4.77.